The van der Waals surface area contributed by atoms with Crippen molar-refractivity contribution in [2.45, 2.75) is 26.8 Å². The van der Waals surface area contributed by atoms with Crippen molar-refractivity contribution in [3.8, 4) is 11.4 Å². The molecule has 1 amide bonds. The normalized spacial score (nSPS) is 11.8. The molecule has 0 aliphatic rings. The van der Waals surface area contributed by atoms with Gasteiger partial charge in [-0.25, -0.2) is 4.68 Å². The minimum atomic E-state index is -0.120. The highest BCUT2D eigenvalue weighted by molar-refractivity contribution is 5.96. The van der Waals surface area contributed by atoms with Crippen LogP contribution in [0.1, 0.15) is 40.3 Å². The molecule has 0 saturated heterocycles. The number of aromatic nitrogens is 2. The molecule has 26 heavy (non-hydrogen) atoms. The molecule has 1 heterocycles. The fourth-order valence-corrected chi connectivity index (χ4v) is 3.04. The molecule has 0 unspecified atom stereocenters. The topological polar surface area (TPSA) is 56.1 Å². The lowest BCUT2D eigenvalue weighted by atomic mass is 10.1. The Hall–Kier alpha value is -3.08. The van der Waals surface area contributed by atoms with Crippen LogP contribution in [0.4, 0.5) is 0 Å². The Morgan fingerprint density at radius 3 is 2.35 bits per heavy atom. The van der Waals surface area contributed by atoms with Crippen LogP contribution in [0.15, 0.2) is 54.6 Å². The van der Waals surface area contributed by atoms with Crippen LogP contribution in [0.25, 0.3) is 5.69 Å². The number of aryl methyl sites for hydroxylation is 1. The molecule has 0 bridgehead atoms. The predicted octanol–water partition coefficient (Wildman–Crippen LogP) is 3.99. The second-order valence-electron chi connectivity index (χ2n) is 6.26. The van der Waals surface area contributed by atoms with Crippen molar-refractivity contribution in [3.63, 3.8) is 0 Å². The lowest BCUT2D eigenvalue weighted by Crippen LogP contribution is -2.27. The number of para-hydroxylation sites is 1. The van der Waals surface area contributed by atoms with Gasteiger partial charge in [-0.15, -0.1) is 0 Å². The number of methoxy groups -OCH3 is 1. The van der Waals surface area contributed by atoms with E-state index >= 15 is 0 Å². The maximum atomic E-state index is 12.8. The smallest absolute Gasteiger partial charge is 0.255 e. The summed E-state index contributed by atoms with van der Waals surface area (Å²) in [7, 11) is 1.64. The summed E-state index contributed by atoms with van der Waals surface area (Å²) in [6.07, 6.45) is 0. The van der Waals surface area contributed by atoms with Crippen LogP contribution in [0.5, 0.6) is 5.75 Å². The zero-order valence-electron chi connectivity index (χ0n) is 15.5. The number of carbonyl (C=O) groups excluding carboxylic acids is 1. The van der Waals surface area contributed by atoms with Crippen molar-refractivity contribution in [3.05, 3.63) is 77.1 Å². The second-order valence-corrected chi connectivity index (χ2v) is 6.26. The van der Waals surface area contributed by atoms with Gasteiger partial charge < -0.3 is 10.1 Å². The van der Waals surface area contributed by atoms with E-state index in [1.54, 1.807) is 7.11 Å². The first-order chi connectivity index (χ1) is 12.5. The van der Waals surface area contributed by atoms with Gasteiger partial charge in [-0.2, -0.15) is 5.10 Å². The Bertz CT molecular complexity index is 899. The van der Waals surface area contributed by atoms with Crippen LogP contribution in [0.3, 0.4) is 0 Å². The van der Waals surface area contributed by atoms with E-state index in [-0.39, 0.29) is 11.9 Å². The van der Waals surface area contributed by atoms with E-state index in [1.807, 2.05) is 80.1 Å². The molecule has 5 nitrogen and oxygen atoms in total. The SMILES string of the molecule is COc1ccc([C@H](C)NC(=O)c2c(C)nn(-c3ccccc3)c2C)cc1. The van der Waals surface area contributed by atoms with E-state index in [2.05, 4.69) is 10.4 Å². The third kappa shape index (κ3) is 3.47. The summed E-state index contributed by atoms with van der Waals surface area (Å²) in [5.41, 5.74) is 4.12. The molecule has 1 atom stereocenters. The number of rotatable bonds is 5. The summed E-state index contributed by atoms with van der Waals surface area (Å²) in [6.45, 7) is 5.74. The van der Waals surface area contributed by atoms with Gasteiger partial charge in [0.15, 0.2) is 0 Å². The van der Waals surface area contributed by atoms with Crippen LogP contribution in [0.2, 0.25) is 0 Å². The highest BCUT2D eigenvalue weighted by Crippen LogP contribution is 2.21. The van der Waals surface area contributed by atoms with Gasteiger partial charge in [0.05, 0.1) is 35.8 Å². The van der Waals surface area contributed by atoms with Crippen molar-refractivity contribution in [2.24, 2.45) is 0 Å². The summed E-state index contributed by atoms with van der Waals surface area (Å²) in [5.74, 6) is 0.675. The lowest BCUT2D eigenvalue weighted by molar-refractivity contribution is 0.0938. The predicted molar refractivity (Wildman–Crippen MR) is 102 cm³/mol. The van der Waals surface area contributed by atoms with Crippen molar-refractivity contribution in [2.75, 3.05) is 7.11 Å². The average molecular weight is 349 g/mol. The quantitative estimate of drug-likeness (QED) is 0.758. The molecule has 3 rings (SSSR count). The summed E-state index contributed by atoms with van der Waals surface area (Å²) in [4.78, 5) is 12.8. The molecule has 2 aromatic carbocycles. The molecule has 1 N–H and O–H groups in total. The number of nitrogens with one attached hydrogen (secondary N) is 1. The van der Waals surface area contributed by atoms with Gasteiger partial charge in [0.25, 0.3) is 5.91 Å². The van der Waals surface area contributed by atoms with Crippen LogP contribution in [-0.4, -0.2) is 22.8 Å². The molecule has 0 saturated carbocycles. The minimum absolute atomic E-state index is 0.118. The van der Waals surface area contributed by atoms with E-state index < -0.39 is 0 Å². The summed E-state index contributed by atoms with van der Waals surface area (Å²) in [5, 5.41) is 7.61. The molecule has 3 aromatic rings. The van der Waals surface area contributed by atoms with E-state index in [1.165, 1.54) is 0 Å². The molecule has 0 fully saturated rings. The van der Waals surface area contributed by atoms with Gasteiger partial charge in [-0.05, 0) is 50.6 Å². The first-order valence-electron chi connectivity index (χ1n) is 8.57. The van der Waals surface area contributed by atoms with E-state index in [9.17, 15) is 4.79 Å². The van der Waals surface area contributed by atoms with Crippen molar-refractivity contribution in [1.82, 2.24) is 15.1 Å². The number of hydrogen-bond acceptors (Lipinski definition) is 3. The van der Waals surface area contributed by atoms with E-state index in [4.69, 9.17) is 4.74 Å². The molecule has 1 aromatic heterocycles. The fourth-order valence-electron chi connectivity index (χ4n) is 3.04. The number of amides is 1. The van der Waals surface area contributed by atoms with Gasteiger partial charge in [0.1, 0.15) is 5.75 Å². The van der Waals surface area contributed by atoms with E-state index in [0.717, 1.165) is 22.7 Å². The van der Waals surface area contributed by atoms with Crippen LogP contribution in [-0.2, 0) is 0 Å². The molecule has 0 aliphatic heterocycles. The number of carbonyl (C=O) groups is 1. The summed E-state index contributed by atoms with van der Waals surface area (Å²) < 4.78 is 6.99. The van der Waals surface area contributed by atoms with Gasteiger partial charge in [0.2, 0.25) is 0 Å². The standard InChI is InChI=1S/C21H23N3O2/c1-14(17-10-12-19(26-4)13-11-17)22-21(25)20-15(2)23-24(16(20)3)18-8-6-5-7-9-18/h5-14H,1-4H3,(H,22,25)/t14-/m0/s1. The number of nitrogens with zero attached hydrogens (tertiary/aromatic N) is 2. The van der Waals surface area contributed by atoms with Gasteiger partial charge in [-0.1, -0.05) is 30.3 Å². The van der Waals surface area contributed by atoms with E-state index in [0.29, 0.717) is 11.3 Å². The summed E-state index contributed by atoms with van der Waals surface area (Å²) >= 11 is 0. The minimum Gasteiger partial charge on any atom is -0.497 e. The van der Waals surface area contributed by atoms with Crippen molar-refractivity contribution in [1.29, 1.82) is 0 Å². The largest absolute Gasteiger partial charge is 0.497 e. The molecule has 0 radical (unpaired) electrons. The zero-order valence-corrected chi connectivity index (χ0v) is 15.5. The number of ether oxygens (including phenoxy) is 1. The zero-order chi connectivity index (χ0) is 18.7. The Balaban J connectivity index is 1.82. The summed E-state index contributed by atoms with van der Waals surface area (Å²) in [6, 6.07) is 17.4. The molecular weight excluding hydrogens is 326 g/mol. The first-order valence-corrected chi connectivity index (χ1v) is 8.57. The lowest BCUT2D eigenvalue weighted by Gasteiger charge is -2.15. The molecule has 5 heteroatoms. The van der Waals surface area contributed by atoms with Crippen LogP contribution in [0, 0.1) is 13.8 Å². The molecule has 0 aliphatic carbocycles. The van der Waals surface area contributed by atoms with Gasteiger partial charge in [-0.3, -0.25) is 4.79 Å². The Morgan fingerprint density at radius 1 is 1.08 bits per heavy atom. The fraction of sp³-hybridized carbons (Fsp3) is 0.238. The number of hydrogen-bond donors (Lipinski definition) is 1. The Morgan fingerprint density at radius 2 is 1.73 bits per heavy atom. The first kappa shape index (κ1) is 17.7. The maximum absolute atomic E-state index is 12.8. The monoisotopic (exact) mass is 349 g/mol. The average Bonchev–Trinajstić information content (AvgIpc) is 2.96. The second kappa shape index (κ2) is 7.44. The highest BCUT2D eigenvalue weighted by atomic mass is 16.5. The van der Waals surface area contributed by atoms with Gasteiger partial charge in [0, 0.05) is 0 Å². The van der Waals surface area contributed by atoms with Crippen molar-refractivity contribution >= 4 is 5.91 Å². The van der Waals surface area contributed by atoms with Crippen LogP contribution >= 0.6 is 0 Å². The number of benzene rings is 2. The molecule has 134 valence electrons. The van der Waals surface area contributed by atoms with Crippen LogP contribution < -0.4 is 10.1 Å². The van der Waals surface area contributed by atoms with Crippen molar-refractivity contribution < 1.29 is 9.53 Å². The third-order valence-corrected chi connectivity index (χ3v) is 4.48. The third-order valence-electron chi connectivity index (χ3n) is 4.48. The molecule has 0 spiro atoms. The maximum Gasteiger partial charge on any atom is 0.255 e. The highest BCUT2D eigenvalue weighted by Gasteiger charge is 2.21. The Kier molecular flexibility index (Phi) is 5.07. The van der Waals surface area contributed by atoms with Gasteiger partial charge >= 0.3 is 0 Å². The molecular formula is C21H23N3O2. The Labute approximate surface area is 153 Å².